The second-order valence-corrected chi connectivity index (χ2v) is 6.69. The summed E-state index contributed by atoms with van der Waals surface area (Å²) < 4.78 is 7.55. The zero-order valence-corrected chi connectivity index (χ0v) is 15.3. The summed E-state index contributed by atoms with van der Waals surface area (Å²) in [5.41, 5.74) is 0.992. The van der Waals surface area contributed by atoms with Crippen molar-refractivity contribution < 1.29 is 9.53 Å². The molecule has 0 aliphatic rings. The minimum Gasteiger partial charge on any atom is -0.497 e. The molecular formula is C17H18N4O2S2. The highest BCUT2D eigenvalue weighted by molar-refractivity contribution is 7.71. The van der Waals surface area contributed by atoms with Crippen LogP contribution in [0.4, 0.5) is 0 Å². The number of aromatic amines is 1. The highest BCUT2D eigenvalue weighted by atomic mass is 32.1. The van der Waals surface area contributed by atoms with E-state index in [2.05, 4.69) is 15.5 Å². The summed E-state index contributed by atoms with van der Waals surface area (Å²) in [4.78, 5) is 13.2. The molecule has 2 N–H and O–H groups in total. The Morgan fingerprint density at radius 2 is 2.28 bits per heavy atom. The van der Waals surface area contributed by atoms with Crippen molar-refractivity contribution >= 4 is 29.5 Å². The maximum absolute atomic E-state index is 12.2. The van der Waals surface area contributed by atoms with Crippen LogP contribution < -0.4 is 10.1 Å². The topological polar surface area (TPSA) is 71.9 Å². The molecule has 2 heterocycles. The van der Waals surface area contributed by atoms with Crippen molar-refractivity contribution in [3.63, 3.8) is 0 Å². The summed E-state index contributed by atoms with van der Waals surface area (Å²) >= 11 is 6.86. The Morgan fingerprint density at radius 3 is 3.04 bits per heavy atom. The first-order chi connectivity index (χ1) is 12.2. The molecule has 0 spiro atoms. The SMILES string of the molecule is COc1cccc(CNC(=O)CCn2c(-c3cccs3)n[nH]c2=S)c1. The molecule has 0 fully saturated rings. The number of thiophene rings is 1. The maximum atomic E-state index is 12.2. The Morgan fingerprint density at radius 1 is 1.40 bits per heavy atom. The van der Waals surface area contributed by atoms with Gasteiger partial charge in [0, 0.05) is 19.5 Å². The fourth-order valence-corrected chi connectivity index (χ4v) is 3.35. The number of hydrogen-bond donors (Lipinski definition) is 2. The summed E-state index contributed by atoms with van der Waals surface area (Å²) in [6.07, 6.45) is 0.330. The number of methoxy groups -OCH3 is 1. The molecule has 8 heteroatoms. The fraction of sp³-hybridized carbons (Fsp3) is 0.235. The second-order valence-electron chi connectivity index (χ2n) is 5.36. The van der Waals surface area contributed by atoms with Crippen LogP contribution in [0.2, 0.25) is 0 Å². The first-order valence-corrected chi connectivity index (χ1v) is 9.05. The molecule has 25 heavy (non-hydrogen) atoms. The number of amides is 1. The van der Waals surface area contributed by atoms with Crippen LogP contribution in [-0.4, -0.2) is 27.8 Å². The number of carbonyl (C=O) groups excluding carboxylic acids is 1. The van der Waals surface area contributed by atoms with Crippen molar-refractivity contribution in [2.75, 3.05) is 7.11 Å². The lowest BCUT2D eigenvalue weighted by molar-refractivity contribution is -0.121. The van der Waals surface area contributed by atoms with E-state index >= 15 is 0 Å². The third kappa shape index (κ3) is 4.34. The number of nitrogens with one attached hydrogen (secondary N) is 2. The predicted molar refractivity (Wildman–Crippen MR) is 100 cm³/mol. The molecule has 0 saturated heterocycles. The molecule has 0 aliphatic heterocycles. The van der Waals surface area contributed by atoms with Gasteiger partial charge in [0.15, 0.2) is 10.6 Å². The van der Waals surface area contributed by atoms with Crippen LogP contribution in [0.1, 0.15) is 12.0 Å². The van der Waals surface area contributed by atoms with E-state index in [4.69, 9.17) is 17.0 Å². The van der Waals surface area contributed by atoms with E-state index in [1.54, 1.807) is 18.4 Å². The van der Waals surface area contributed by atoms with Crippen molar-refractivity contribution in [2.24, 2.45) is 0 Å². The van der Waals surface area contributed by atoms with Crippen molar-refractivity contribution in [1.82, 2.24) is 20.1 Å². The Hall–Kier alpha value is -2.45. The lowest BCUT2D eigenvalue weighted by atomic mass is 10.2. The van der Waals surface area contributed by atoms with Crippen LogP contribution >= 0.6 is 23.6 Å². The summed E-state index contributed by atoms with van der Waals surface area (Å²) in [6.45, 7) is 0.942. The molecule has 130 valence electrons. The highest BCUT2D eigenvalue weighted by Crippen LogP contribution is 2.22. The van der Waals surface area contributed by atoms with Gasteiger partial charge >= 0.3 is 0 Å². The quantitative estimate of drug-likeness (QED) is 0.622. The van der Waals surface area contributed by atoms with Gasteiger partial charge in [-0.25, -0.2) is 0 Å². The second kappa shape index (κ2) is 8.09. The largest absolute Gasteiger partial charge is 0.497 e. The number of ether oxygens (including phenoxy) is 1. The smallest absolute Gasteiger partial charge is 0.222 e. The Labute approximate surface area is 154 Å². The molecule has 0 bridgehead atoms. The van der Waals surface area contributed by atoms with Gasteiger partial charge in [0.25, 0.3) is 0 Å². The zero-order valence-electron chi connectivity index (χ0n) is 13.7. The monoisotopic (exact) mass is 374 g/mol. The standard InChI is InChI=1S/C17H18N4O2S2/c1-23-13-5-2-4-12(10-13)11-18-15(22)7-8-21-16(19-20-17(21)24)14-6-3-9-25-14/h2-6,9-10H,7-8,11H2,1H3,(H,18,22)(H,20,24). The van der Waals surface area contributed by atoms with Gasteiger partial charge in [-0.2, -0.15) is 5.10 Å². The van der Waals surface area contributed by atoms with E-state index in [9.17, 15) is 4.79 Å². The maximum Gasteiger partial charge on any atom is 0.222 e. The summed E-state index contributed by atoms with van der Waals surface area (Å²) in [6, 6.07) is 11.6. The first kappa shape index (κ1) is 17.4. The molecule has 3 rings (SSSR count). The third-order valence-corrected chi connectivity index (χ3v) is 4.86. The number of aromatic nitrogens is 3. The number of hydrogen-bond acceptors (Lipinski definition) is 5. The van der Waals surface area contributed by atoms with Gasteiger partial charge < -0.3 is 10.1 Å². The normalized spacial score (nSPS) is 10.6. The van der Waals surface area contributed by atoms with Crippen molar-refractivity contribution in [3.05, 3.63) is 52.1 Å². The molecule has 1 amide bonds. The highest BCUT2D eigenvalue weighted by Gasteiger charge is 2.11. The number of carbonyl (C=O) groups is 1. The minimum atomic E-state index is -0.0388. The Kier molecular flexibility index (Phi) is 5.62. The van der Waals surface area contributed by atoms with Gasteiger partial charge in [-0.1, -0.05) is 18.2 Å². The molecule has 0 radical (unpaired) electrons. The average molecular weight is 374 g/mol. The van der Waals surface area contributed by atoms with Crippen LogP contribution in [0, 0.1) is 4.77 Å². The summed E-state index contributed by atoms with van der Waals surface area (Å²) in [5, 5.41) is 12.0. The van der Waals surface area contributed by atoms with Crippen LogP contribution in [0.15, 0.2) is 41.8 Å². The minimum absolute atomic E-state index is 0.0388. The molecule has 2 aromatic heterocycles. The van der Waals surface area contributed by atoms with Crippen molar-refractivity contribution in [3.8, 4) is 16.5 Å². The fourth-order valence-electron chi connectivity index (χ4n) is 2.40. The third-order valence-electron chi connectivity index (χ3n) is 3.69. The van der Waals surface area contributed by atoms with Crippen molar-refractivity contribution in [2.45, 2.75) is 19.5 Å². The van der Waals surface area contributed by atoms with Gasteiger partial charge in [-0.3, -0.25) is 14.5 Å². The average Bonchev–Trinajstić information content (AvgIpc) is 3.28. The zero-order chi connectivity index (χ0) is 17.6. The van der Waals surface area contributed by atoms with Gasteiger partial charge in [0.05, 0.1) is 12.0 Å². The summed E-state index contributed by atoms with van der Waals surface area (Å²) in [7, 11) is 1.62. The molecule has 0 unspecified atom stereocenters. The van der Waals surface area contributed by atoms with Crippen LogP contribution in [0.5, 0.6) is 5.75 Å². The summed E-state index contributed by atoms with van der Waals surface area (Å²) in [5.74, 6) is 1.50. The molecule has 3 aromatic rings. The number of H-pyrrole nitrogens is 1. The lowest BCUT2D eigenvalue weighted by Gasteiger charge is -2.08. The van der Waals surface area contributed by atoms with E-state index in [0.717, 1.165) is 22.0 Å². The molecule has 1 aromatic carbocycles. The van der Waals surface area contributed by atoms with E-state index < -0.39 is 0 Å². The Bertz CT molecular complexity index is 900. The molecule has 0 saturated carbocycles. The number of benzene rings is 1. The van der Waals surface area contributed by atoms with Gasteiger partial charge in [-0.05, 0) is 41.4 Å². The van der Waals surface area contributed by atoms with Gasteiger partial charge in [-0.15, -0.1) is 11.3 Å². The van der Waals surface area contributed by atoms with E-state index in [1.807, 2.05) is 46.3 Å². The van der Waals surface area contributed by atoms with Crippen LogP contribution in [0.3, 0.4) is 0 Å². The van der Waals surface area contributed by atoms with E-state index in [0.29, 0.717) is 24.3 Å². The van der Waals surface area contributed by atoms with Crippen LogP contribution in [-0.2, 0) is 17.9 Å². The van der Waals surface area contributed by atoms with Crippen molar-refractivity contribution in [1.29, 1.82) is 0 Å². The van der Waals surface area contributed by atoms with Crippen LogP contribution in [0.25, 0.3) is 10.7 Å². The number of nitrogens with zero attached hydrogens (tertiary/aromatic N) is 2. The van der Waals surface area contributed by atoms with E-state index in [1.165, 1.54) is 0 Å². The molecule has 0 atom stereocenters. The van der Waals surface area contributed by atoms with Gasteiger partial charge in [0.1, 0.15) is 5.75 Å². The molecular weight excluding hydrogens is 356 g/mol. The molecule has 6 nitrogen and oxygen atoms in total. The lowest BCUT2D eigenvalue weighted by Crippen LogP contribution is -2.24. The Balaban J connectivity index is 1.58. The van der Waals surface area contributed by atoms with E-state index in [-0.39, 0.29) is 5.91 Å². The number of rotatable bonds is 7. The van der Waals surface area contributed by atoms with Gasteiger partial charge in [0.2, 0.25) is 5.91 Å². The molecule has 0 aliphatic carbocycles. The first-order valence-electron chi connectivity index (χ1n) is 7.76. The predicted octanol–water partition coefficient (Wildman–Crippen LogP) is 3.38.